The van der Waals surface area contributed by atoms with Gasteiger partial charge in [0.05, 0.1) is 11.8 Å². The number of benzene rings is 2. The van der Waals surface area contributed by atoms with E-state index in [9.17, 15) is 9.59 Å². The van der Waals surface area contributed by atoms with Crippen LogP contribution in [0.5, 0.6) is 0 Å². The smallest absolute Gasteiger partial charge is 0.318 e. The van der Waals surface area contributed by atoms with Crippen LogP contribution in [0.2, 0.25) is 0 Å². The molecule has 0 spiro atoms. The van der Waals surface area contributed by atoms with Gasteiger partial charge in [-0.05, 0) is 23.5 Å². The molecule has 0 radical (unpaired) electrons. The number of nitrogens with zero attached hydrogens (tertiary/aromatic N) is 3. The van der Waals surface area contributed by atoms with Gasteiger partial charge in [0.25, 0.3) is 0 Å². The van der Waals surface area contributed by atoms with Crippen LogP contribution >= 0.6 is 11.8 Å². The van der Waals surface area contributed by atoms with Crippen LogP contribution in [0.3, 0.4) is 0 Å². The summed E-state index contributed by atoms with van der Waals surface area (Å²) in [5.41, 5.74) is 8.39. The molecule has 0 fully saturated rings. The molecule has 1 atom stereocenters. The number of nitrogens with two attached hydrogens (primary N) is 1. The highest BCUT2D eigenvalue weighted by molar-refractivity contribution is 8.00. The van der Waals surface area contributed by atoms with Crippen molar-refractivity contribution in [2.24, 2.45) is 5.73 Å². The number of amides is 3. The normalized spacial score (nSPS) is 12.4. The predicted molar refractivity (Wildman–Crippen MR) is 123 cm³/mol. The van der Waals surface area contributed by atoms with Crippen LogP contribution in [0.25, 0.3) is 11.4 Å². The van der Waals surface area contributed by atoms with Gasteiger partial charge in [0, 0.05) is 5.56 Å². The molecular weight excluding hydrogens is 410 g/mol. The minimum Gasteiger partial charge on any atom is -0.351 e. The molecule has 3 N–H and O–H groups in total. The van der Waals surface area contributed by atoms with Gasteiger partial charge in [-0.2, -0.15) is 0 Å². The third-order valence-corrected chi connectivity index (χ3v) is 5.89. The summed E-state index contributed by atoms with van der Waals surface area (Å²) in [5.74, 6) is 0.247. The number of urea groups is 1. The molecule has 162 valence electrons. The van der Waals surface area contributed by atoms with Crippen LogP contribution in [0, 0.1) is 0 Å². The lowest BCUT2D eigenvalue weighted by atomic mass is 9.87. The molecular formula is C23H27N5O2S. The Hall–Kier alpha value is -3.13. The van der Waals surface area contributed by atoms with Crippen molar-refractivity contribution in [3.05, 3.63) is 65.7 Å². The fourth-order valence-electron chi connectivity index (χ4n) is 3.05. The molecule has 1 aromatic heterocycles. The van der Waals surface area contributed by atoms with E-state index in [4.69, 9.17) is 5.73 Å². The van der Waals surface area contributed by atoms with Gasteiger partial charge in [0.2, 0.25) is 5.91 Å². The Kier molecular flexibility index (Phi) is 6.80. The Morgan fingerprint density at radius 2 is 1.71 bits per heavy atom. The zero-order valence-electron chi connectivity index (χ0n) is 18.1. The Morgan fingerprint density at radius 3 is 2.29 bits per heavy atom. The molecule has 3 rings (SSSR count). The molecule has 1 heterocycles. The minimum absolute atomic E-state index is 0.0560. The number of carbonyl (C=O) groups excluding carboxylic acids is 2. The van der Waals surface area contributed by atoms with E-state index in [0.29, 0.717) is 17.5 Å². The van der Waals surface area contributed by atoms with Gasteiger partial charge in [-0.3, -0.25) is 14.7 Å². The number of primary amides is 1. The van der Waals surface area contributed by atoms with Gasteiger partial charge < -0.3 is 5.73 Å². The zero-order chi connectivity index (χ0) is 22.6. The molecule has 0 aliphatic heterocycles. The Labute approximate surface area is 186 Å². The summed E-state index contributed by atoms with van der Waals surface area (Å²) in [5, 5.41) is 10.9. The summed E-state index contributed by atoms with van der Waals surface area (Å²) in [6.45, 7) is 8.77. The largest absolute Gasteiger partial charge is 0.351 e. The number of rotatable bonds is 6. The third kappa shape index (κ3) is 5.73. The first-order valence-electron chi connectivity index (χ1n) is 10.00. The van der Waals surface area contributed by atoms with Crippen molar-refractivity contribution >= 4 is 23.7 Å². The van der Waals surface area contributed by atoms with Crippen molar-refractivity contribution in [3.8, 4) is 11.4 Å². The maximum absolute atomic E-state index is 12.1. The molecule has 0 saturated heterocycles. The van der Waals surface area contributed by atoms with E-state index < -0.39 is 17.2 Å². The maximum atomic E-state index is 12.1. The standard InChI is InChI=1S/C23H27N5O2S/c1-15(20(29)25-21(24)30)31-22-27-26-19(28(22)14-16-8-6-5-7-9-16)17-10-12-18(13-11-17)23(2,3)4/h5-13,15H,14H2,1-4H3,(H3,24,25,29,30). The number of thioether (sulfide) groups is 1. The Balaban J connectivity index is 1.95. The Bertz CT molecular complexity index is 1060. The van der Waals surface area contributed by atoms with Crippen molar-refractivity contribution < 1.29 is 9.59 Å². The van der Waals surface area contributed by atoms with Gasteiger partial charge in [0.1, 0.15) is 0 Å². The van der Waals surface area contributed by atoms with Crippen LogP contribution in [-0.4, -0.2) is 32.0 Å². The highest BCUT2D eigenvalue weighted by atomic mass is 32.2. The van der Waals surface area contributed by atoms with E-state index in [0.717, 1.165) is 11.1 Å². The molecule has 8 heteroatoms. The molecule has 0 aliphatic carbocycles. The number of carbonyl (C=O) groups is 2. The summed E-state index contributed by atoms with van der Waals surface area (Å²) in [6.07, 6.45) is 0. The summed E-state index contributed by atoms with van der Waals surface area (Å²) in [6, 6.07) is 17.4. The van der Waals surface area contributed by atoms with Crippen molar-refractivity contribution in [3.63, 3.8) is 0 Å². The second kappa shape index (κ2) is 9.34. The molecule has 7 nitrogen and oxygen atoms in total. The number of hydrogen-bond acceptors (Lipinski definition) is 5. The quantitative estimate of drug-likeness (QED) is 0.568. The molecule has 0 bridgehead atoms. The first-order valence-corrected chi connectivity index (χ1v) is 10.9. The third-order valence-electron chi connectivity index (χ3n) is 4.81. The van der Waals surface area contributed by atoms with Crippen LogP contribution in [0.4, 0.5) is 4.79 Å². The van der Waals surface area contributed by atoms with Gasteiger partial charge in [-0.25, -0.2) is 4.79 Å². The van der Waals surface area contributed by atoms with Gasteiger partial charge >= 0.3 is 6.03 Å². The van der Waals surface area contributed by atoms with E-state index in [1.165, 1.54) is 17.3 Å². The highest BCUT2D eigenvalue weighted by Gasteiger charge is 2.22. The molecule has 3 amide bonds. The van der Waals surface area contributed by atoms with E-state index in [-0.39, 0.29) is 5.41 Å². The lowest BCUT2D eigenvalue weighted by Crippen LogP contribution is -2.39. The SMILES string of the molecule is CC(Sc1nnc(-c2ccc(C(C)(C)C)cc2)n1Cc1ccccc1)C(=O)NC(N)=O. The van der Waals surface area contributed by atoms with Crippen molar-refractivity contribution in [1.82, 2.24) is 20.1 Å². The van der Waals surface area contributed by atoms with E-state index >= 15 is 0 Å². The predicted octanol–water partition coefficient (Wildman–Crippen LogP) is 3.97. The van der Waals surface area contributed by atoms with E-state index in [1.807, 2.05) is 47.0 Å². The first kappa shape index (κ1) is 22.6. The molecule has 0 aliphatic rings. The molecule has 2 aromatic carbocycles. The lowest BCUT2D eigenvalue weighted by molar-refractivity contribution is -0.119. The lowest BCUT2D eigenvalue weighted by Gasteiger charge is -2.19. The van der Waals surface area contributed by atoms with Crippen LogP contribution in [0.15, 0.2) is 59.8 Å². The number of aromatic nitrogens is 3. The van der Waals surface area contributed by atoms with Crippen molar-refractivity contribution in [2.75, 3.05) is 0 Å². The summed E-state index contributed by atoms with van der Waals surface area (Å²) >= 11 is 1.23. The second-order valence-corrected chi connectivity index (χ2v) is 9.63. The summed E-state index contributed by atoms with van der Waals surface area (Å²) < 4.78 is 1.99. The average molecular weight is 438 g/mol. The zero-order valence-corrected chi connectivity index (χ0v) is 18.9. The minimum atomic E-state index is -0.872. The number of nitrogens with one attached hydrogen (secondary N) is 1. The van der Waals surface area contributed by atoms with E-state index in [2.05, 4.69) is 48.4 Å². The average Bonchev–Trinajstić information content (AvgIpc) is 3.09. The summed E-state index contributed by atoms with van der Waals surface area (Å²) in [7, 11) is 0. The van der Waals surface area contributed by atoms with Crippen LogP contribution < -0.4 is 11.1 Å². The fraction of sp³-hybridized carbons (Fsp3) is 0.304. The summed E-state index contributed by atoms with van der Waals surface area (Å²) in [4.78, 5) is 23.2. The van der Waals surface area contributed by atoms with Gasteiger partial charge in [-0.1, -0.05) is 87.1 Å². The van der Waals surface area contributed by atoms with Crippen LogP contribution in [-0.2, 0) is 16.8 Å². The maximum Gasteiger partial charge on any atom is 0.318 e. The van der Waals surface area contributed by atoms with Crippen molar-refractivity contribution in [2.45, 2.75) is 50.1 Å². The second-order valence-electron chi connectivity index (χ2n) is 8.32. The molecule has 3 aromatic rings. The first-order chi connectivity index (χ1) is 14.6. The topological polar surface area (TPSA) is 103 Å². The number of hydrogen-bond donors (Lipinski definition) is 2. The monoisotopic (exact) mass is 437 g/mol. The molecule has 31 heavy (non-hydrogen) atoms. The van der Waals surface area contributed by atoms with E-state index in [1.54, 1.807) is 6.92 Å². The highest BCUT2D eigenvalue weighted by Crippen LogP contribution is 2.30. The molecule has 0 saturated carbocycles. The van der Waals surface area contributed by atoms with Gasteiger partial charge in [-0.15, -0.1) is 10.2 Å². The fourth-order valence-corrected chi connectivity index (χ4v) is 3.90. The van der Waals surface area contributed by atoms with Gasteiger partial charge in [0.15, 0.2) is 11.0 Å². The van der Waals surface area contributed by atoms with Crippen LogP contribution in [0.1, 0.15) is 38.8 Å². The molecule has 1 unspecified atom stereocenters. The number of imide groups is 1. The Morgan fingerprint density at radius 1 is 1.06 bits per heavy atom. The van der Waals surface area contributed by atoms with Crippen molar-refractivity contribution in [1.29, 1.82) is 0 Å².